The fourth-order valence-electron chi connectivity index (χ4n) is 2.05. The van der Waals surface area contributed by atoms with Crippen molar-refractivity contribution in [3.8, 4) is 0 Å². The van der Waals surface area contributed by atoms with E-state index in [0.29, 0.717) is 18.2 Å². The third-order valence-corrected chi connectivity index (χ3v) is 4.83. The molecule has 116 valence electrons. The molecule has 1 aromatic carbocycles. The van der Waals surface area contributed by atoms with Crippen molar-refractivity contribution in [3.63, 3.8) is 0 Å². The third-order valence-electron chi connectivity index (χ3n) is 3.46. The number of aromatic nitrogens is 2. The van der Waals surface area contributed by atoms with Gasteiger partial charge in [-0.15, -0.1) is 0 Å². The first-order chi connectivity index (χ1) is 10.4. The third kappa shape index (κ3) is 3.28. The monoisotopic (exact) mass is 320 g/mol. The second-order valence-corrected chi connectivity index (χ2v) is 7.05. The van der Waals surface area contributed by atoms with Crippen LogP contribution >= 0.6 is 0 Å². The maximum absolute atomic E-state index is 12.2. The van der Waals surface area contributed by atoms with Gasteiger partial charge in [0.15, 0.2) is 0 Å². The fraction of sp³-hybridized carbons (Fsp3) is 0.286. The van der Waals surface area contributed by atoms with Gasteiger partial charge in [0.1, 0.15) is 5.82 Å². The van der Waals surface area contributed by atoms with E-state index >= 15 is 0 Å². The standard InChI is InChI=1S/C14H16N4O3S/c15-11-3-5-12(6-4-11)22(20,21)17-13-7-8-18(14(19)16-13)9-10-1-2-10/h3-8,10H,1-2,9,15H2,(H,16,17,19). The van der Waals surface area contributed by atoms with Crippen molar-refractivity contribution in [1.29, 1.82) is 0 Å². The van der Waals surface area contributed by atoms with Crippen LogP contribution in [0.5, 0.6) is 0 Å². The van der Waals surface area contributed by atoms with E-state index in [1.165, 1.54) is 34.9 Å². The lowest BCUT2D eigenvalue weighted by Gasteiger charge is -2.09. The largest absolute Gasteiger partial charge is 0.399 e. The molecule has 7 nitrogen and oxygen atoms in total. The Morgan fingerprint density at radius 1 is 1.23 bits per heavy atom. The molecule has 1 saturated carbocycles. The van der Waals surface area contributed by atoms with E-state index in [-0.39, 0.29) is 10.7 Å². The molecule has 0 bridgehead atoms. The van der Waals surface area contributed by atoms with Crippen LogP contribution in [0.25, 0.3) is 0 Å². The van der Waals surface area contributed by atoms with Crippen molar-refractivity contribution in [1.82, 2.24) is 9.55 Å². The molecule has 2 aromatic rings. The minimum absolute atomic E-state index is 0.00821. The van der Waals surface area contributed by atoms with Crippen molar-refractivity contribution in [2.75, 3.05) is 10.5 Å². The van der Waals surface area contributed by atoms with Crippen LogP contribution in [-0.4, -0.2) is 18.0 Å². The smallest absolute Gasteiger partial charge is 0.349 e. The maximum Gasteiger partial charge on any atom is 0.349 e. The molecule has 0 aliphatic heterocycles. The molecule has 3 rings (SSSR count). The Labute approximate surface area is 127 Å². The first-order valence-corrected chi connectivity index (χ1v) is 8.38. The normalized spacial score (nSPS) is 14.7. The number of sulfonamides is 1. The molecule has 0 spiro atoms. The summed E-state index contributed by atoms with van der Waals surface area (Å²) < 4.78 is 28.2. The Bertz CT molecular complexity index is 839. The highest BCUT2D eigenvalue weighted by Crippen LogP contribution is 2.30. The number of nitrogens with two attached hydrogens (primary N) is 1. The summed E-state index contributed by atoms with van der Waals surface area (Å²) in [7, 11) is -3.79. The number of nitrogen functional groups attached to an aromatic ring is 1. The number of hydrogen-bond donors (Lipinski definition) is 2. The molecular weight excluding hydrogens is 304 g/mol. The average molecular weight is 320 g/mol. The first kappa shape index (κ1) is 14.6. The van der Waals surface area contributed by atoms with Gasteiger partial charge in [-0.05, 0) is 49.1 Å². The summed E-state index contributed by atoms with van der Waals surface area (Å²) in [6, 6.07) is 7.27. The summed E-state index contributed by atoms with van der Waals surface area (Å²) in [5.74, 6) is 0.547. The Kier molecular flexibility index (Phi) is 3.61. The van der Waals surface area contributed by atoms with Crippen LogP contribution in [0.15, 0.2) is 46.2 Å². The Morgan fingerprint density at radius 3 is 2.50 bits per heavy atom. The minimum atomic E-state index is -3.79. The van der Waals surface area contributed by atoms with Crippen LogP contribution in [-0.2, 0) is 16.6 Å². The van der Waals surface area contributed by atoms with Crippen molar-refractivity contribution in [2.45, 2.75) is 24.3 Å². The van der Waals surface area contributed by atoms with Crippen LogP contribution in [0, 0.1) is 5.92 Å². The molecule has 0 amide bonds. The van der Waals surface area contributed by atoms with E-state index in [1.807, 2.05) is 0 Å². The quantitative estimate of drug-likeness (QED) is 0.800. The van der Waals surface area contributed by atoms with Crippen LogP contribution < -0.4 is 16.1 Å². The van der Waals surface area contributed by atoms with Gasteiger partial charge in [0.05, 0.1) is 4.90 Å². The van der Waals surface area contributed by atoms with Gasteiger partial charge in [0.25, 0.3) is 10.0 Å². The van der Waals surface area contributed by atoms with Crippen molar-refractivity contribution in [3.05, 3.63) is 47.0 Å². The van der Waals surface area contributed by atoms with Gasteiger partial charge in [-0.25, -0.2) is 13.2 Å². The molecule has 1 heterocycles. The zero-order chi connectivity index (χ0) is 15.7. The van der Waals surface area contributed by atoms with Gasteiger partial charge < -0.3 is 5.73 Å². The zero-order valence-electron chi connectivity index (χ0n) is 11.8. The van der Waals surface area contributed by atoms with Crippen molar-refractivity contribution >= 4 is 21.5 Å². The van der Waals surface area contributed by atoms with E-state index < -0.39 is 15.7 Å². The number of rotatable bonds is 5. The number of anilines is 2. The molecule has 22 heavy (non-hydrogen) atoms. The SMILES string of the molecule is Nc1ccc(S(=O)(=O)Nc2ccn(CC3CC3)c(=O)n2)cc1. The Hall–Kier alpha value is -2.35. The van der Waals surface area contributed by atoms with Gasteiger partial charge in [-0.2, -0.15) is 4.98 Å². The molecule has 0 unspecified atom stereocenters. The van der Waals surface area contributed by atoms with E-state index in [2.05, 4.69) is 9.71 Å². The summed E-state index contributed by atoms with van der Waals surface area (Å²) in [5.41, 5.74) is 5.55. The number of nitrogens with one attached hydrogen (secondary N) is 1. The fourth-order valence-corrected chi connectivity index (χ4v) is 3.05. The lowest BCUT2D eigenvalue weighted by Crippen LogP contribution is -2.25. The maximum atomic E-state index is 12.2. The lowest BCUT2D eigenvalue weighted by molar-refractivity contribution is 0.591. The lowest BCUT2D eigenvalue weighted by atomic mass is 10.3. The van der Waals surface area contributed by atoms with Crippen molar-refractivity contribution < 1.29 is 8.42 Å². The van der Waals surface area contributed by atoms with Gasteiger partial charge >= 0.3 is 5.69 Å². The summed E-state index contributed by atoms with van der Waals surface area (Å²) >= 11 is 0. The Morgan fingerprint density at radius 2 is 1.91 bits per heavy atom. The highest BCUT2D eigenvalue weighted by atomic mass is 32.2. The van der Waals surface area contributed by atoms with E-state index in [4.69, 9.17) is 5.73 Å². The first-order valence-electron chi connectivity index (χ1n) is 6.90. The van der Waals surface area contributed by atoms with Crippen LogP contribution in [0.4, 0.5) is 11.5 Å². The van der Waals surface area contributed by atoms with E-state index in [0.717, 1.165) is 12.8 Å². The topological polar surface area (TPSA) is 107 Å². The molecule has 3 N–H and O–H groups in total. The molecule has 1 aliphatic rings. The summed E-state index contributed by atoms with van der Waals surface area (Å²) in [4.78, 5) is 15.7. The highest BCUT2D eigenvalue weighted by Gasteiger charge is 2.22. The van der Waals surface area contributed by atoms with Gasteiger partial charge in [0, 0.05) is 18.4 Å². The second-order valence-electron chi connectivity index (χ2n) is 5.37. The van der Waals surface area contributed by atoms with E-state index in [9.17, 15) is 13.2 Å². The van der Waals surface area contributed by atoms with E-state index in [1.54, 1.807) is 6.20 Å². The van der Waals surface area contributed by atoms with Crippen LogP contribution in [0.2, 0.25) is 0 Å². The molecule has 1 aromatic heterocycles. The minimum Gasteiger partial charge on any atom is -0.399 e. The molecule has 1 aliphatic carbocycles. The highest BCUT2D eigenvalue weighted by molar-refractivity contribution is 7.92. The van der Waals surface area contributed by atoms with Crippen molar-refractivity contribution in [2.24, 2.45) is 5.92 Å². The van der Waals surface area contributed by atoms with Gasteiger partial charge in [-0.3, -0.25) is 9.29 Å². The van der Waals surface area contributed by atoms with Gasteiger partial charge in [-0.1, -0.05) is 0 Å². The molecule has 1 fully saturated rings. The molecule has 0 atom stereocenters. The number of benzene rings is 1. The average Bonchev–Trinajstić information content (AvgIpc) is 3.26. The summed E-state index contributed by atoms with van der Waals surface area (Å²) in [5, 5.41) is 0. The second kappa shape index (κ2) is 5.45. The predicted molar refractivity (Wildman–Crippen MR) is 82.9 cm³/mol. The zero-order valence-corrected chi connectivity index (χ0v) is 12.6. The van der Waals surface area contributed by atoms with Gasteiger partial charge in [0.2, 0.25) is 0 Å². The molecule has 0 saturated heterocycles. The number of hydrogen-bond acceptors (Lipinski definition) is 5. The molecule has 8 heteroatoms. The predicted octanol–water partition coefficient (Wildman–Crippen LogP) is 1.04. The molecule has 0 radical (unpaired) electrons. The van der Waals surface area contributed by atoms with Crippen LogP contribution in [0.1, 0.15) is 12.8 Å². The number of nitrogens with zero attached hydrogens (tertiary/aromatic N) is 2. The Balaban J connectivity index is 1.81. The summed E-state index contributed by atoms with van der Waals surface area (Å²) in [6.45, 7) is 0.636. The summed E-state index contributed by atoms with van der Waals surface area (Å²) in [6.07, 6.45) is 3.81. The molecular formula is C14H16N4O3S. The van der Waals surface area contributed by atoms with Crippen LogP contribution in [0.3, 0.4) is 0 Å².